The zero-order chi connectivity index (χ0) is 16.7. The van der Waals surface area contributed by atoms with E-state index in [1.807, 2.05) is 36.9 Å². The van der Waals surface area contributed by atoms with Gasteiger partial charge < -0.3 is 9.32 Å². The quantitative estimate of drug-likeness (QED) is 0.718. The Hall–Kier alpha value is -2.21. The van der Waals surface area contributed by atoms with E-state index in [0.717, 1.165) is 34.6 Å². The van der Waals surface area contributed by atoms with E-state index < -0.39 is 0 Å². The summed E-state index contributed by atoms with van der Waals surface area (Å²) >= 11 is 1.67. The van der Waals surface area contributed by atoms with E-state index in [4.69, 9.17) is 9.40 Å². The molecule has 1 aliphatic heterocycles. The fourth-order valence-electron chi connectivity index (χ4n) is 3.23. The third kappa shape index (κ3) is 2.51. The summed E-state index contributed by atoms with van der Waals surface area (Å²) in [4.78, 5) is 23.9. The second-order valence-electron chi connectivity index (χ2n) is 6.05. The summed E-state index contributed by atoms with van der Waals surface area (Å²) in [7, 11) is 0. The number of para-hydroxylation sites is 1. The molecule has 24 heavy (non-hydrogen) atoms. The summed E-state index contributed by atoms with van der Waals surface area (Å²) < 4.78 is 6.82. The molecule has 1 amide bonds. The SMILES string of the molecule is CCc1nc(C)c(C(=O)N2CCC[C@H]2c2nc3ccccc3s2)o1. The third-order valence-corrected chi connectivity index (χ3v) is 5.58. The third-order valence-electron chi connectivity index (χ3n) is 4.45. The second kappa shape index (κ2) is 6.02. The van der Waals surface area contributed by atoms with Gasteiger partial charge in [0.2, 0.25) is 5.76 Å². The number of nitrogens with zero attached hydrogens (tertiary/aromatic N) is 3. The van der Waals surface area contributed by atoms with E-state index in [-0.39, 0.29) is 11.9 Å². The monoisotopic (exact) mass is 341 g/mol. The number of hydrogen-bond donors (Lipinski definition) is 0. The maximum absolute atomic E-state index is 13.0. The van der Waals surface area contributed by atoms with Crippen LogP contribution in [0.15, 0.2) is 28.7 Å². The number of hydrogen-bond acceptors (Lipinski definition) is 5. The molecule has 2 aromatic heterocycles. The molecule has 4 rings (SSSR count). The minimum absolute atomic E-state index is 0.0319. The van der Waals surface area contributed by atoms with Crippen LogP contribution < -0.4 is 0 Å². The predicted molar refractivity (Wildman–Crippen MR) is 93.2 cm³/mol. The van der Waals surface area contributed by atoms with Crippen LogP contribution in [0.5, 0.6) is 0 Å². The molecule has 0 unspecified atom stereocenters. The van der Waals surface area contributed by atoms with Crippen LogP contribution in [0.3, 0.4) is 0 Å². The number of benzene rings is 1. The van der Waals surface area contributed by atoms with Crippen LogP contribution >= 0.6 is 11.3 Å². The molecule has 1 fully saturated rings. The molecule has 0 aliphatic carbocycles. The maximum Gasteiger partial charge on any atom is 0.292 e. The van der Waals surface area contributed by atoms with Crippen molar-refractivity contribution in [2.75, 3.05) is 6.54 Å². The lowest BCUT2D eigenvalue weighted by Gasteiger charge is -2.22. The first-order valence-electron chi connectivity index (χ1n) is 8.30. The summed E-state index contributed by atoms with van der Waals surface area (Å²) in [6.45, 7) is 4.54. The van der Waals surface area contributed by atoms with Crippen molar-refractivity contribution >= 4 is 27.5 Å². The number of oxazole rings is 1. The van der Waals surface area contributed by atoms with E-state index in [1.54, 1.807) is 11.3 Å². The van der Waals surface area contributed by atoms with Gasteiger partial charge in [0.1, 0.15) is 5.01 Å². The van der Waals surface area contributed by atoms with E-state index in [9.17, 15) is 4.79 Å². The summed E-state index contributed by atoms with van der Waals surface area (Å²) in [6.07, 6.45) is 2.62. The molecule has 0 N–H and O–H groups in total. The maximum atomic E-state index is 13.0. The highest BCUT2D eigenvalue weighted by Gasteiger charge is 2.35. The number of amides is 1. The topological polar surface area (TPSA) is 59.2 Å². The zero-order valence-electron chi connectivity index (χ0n) is 13.8. The van der Waals surface area contributed by atoms with Crippen LogP contribution in [-0.4, -0.2) is 27.3 Å². The van der Waals surface area contributed by atoms with Crippen LogP contribution in [0.4, 0.5) is 0 Å². The Morgan fingerprint density at radius 1 is 1.38 bits per heavy atom. The number of fused-ring (bicyclic) bond motifs is 1. The summed E-state index contributed by atoms with van der Waals surface area (Å²) in [5, 5.41) is 1.01. The van der Waals surface area contributed by atoms with Gasteiger partial charge in [0.15, 0.2) is 5.89 Å². The van der Waals surface area contributed by atoms with Crippen LogP contribution in [0, 0.1) is 6.92 Å². The van der Waals surface area contributed by atoms with Gasteiger partial charge in [-0.1, -0.05) is 19.1 Å². The fourth-order valence-corrected chi connectivity index (χ4v) is 4.35. The van der Waals surface area contributed by atoms with Crippen molar-refractivity contribution in [1.82, 2.24) is 14.9 Å². The lowest BCUT2D eigenvalue weighted by molar-refractivity contribution is 0.0700. The van der Waals surface area contributed by atoms with Gasteiger partial charge in [0.25, 0.3) is 5.91 Å². The van der Waals surface area contributed by atoms with Crippen LogP contribution in [0.25, 0.3) is 10.2 Å². The molecule has 1 saturated heterocycles. The fraction of sp³-hybridized carbons (Fsp3) is 0.389. The molecule has 0 spiro atoms. The zero-order valence-corrected chi connectivity index (χ0v) is 14.6. The Balaban J connectivity index is 1.66. The smallest absolute Gasteiger partial charge is 0.292 e. The average molecular weight is 341 g/mol. The minimum atomic E-state index is -0.0681. The van der Waals surface area contributed by atoms with Crippen molar-refractivity contribution in [2.24, 2.45) is 0 Å². The van der Waals surface area contributed by atoms with Crippen molar-refractivity contribution in [3.05, 3.63) is 46.6 Å². The van der Waals surface area contributed by atoms with Crippen molar-refractivity contribution in [1.29, 1.82) is 0 Å². The first kappa shape index (κ1) is 15.3. The van der Waals surface area contributed by atoms with E-state index in [2.05, 4.69) is 11.1 Å². The van der Waals surface area contributed by atoms with E-state index in [1.165, 1.54) is 0 Å². The number of carbonyl (C=O) groups is 1. The molecular weight excluding hydrogens is 322 g/mol. The summed E-state index contributed by atoms with van der Waals surface area (Å²) in [5.41, 5.74) is 1.67. The first-order chi connectivity index (χ1) is 11.7. The van der Waals surface area contributed by atoms with Gasteiger partial charge in [0, 0.05) is 13.0 Å². The Bertz CT molecular complexity index is 866. The van der Waals surface area contributed by atoms with Gasteiger partial charge in [0.05, 0.1) is 22.0 Å². The normalized spacial score (nSPS) is 17.8. The molecule has 5 nitrogen and oxygen atoms in total. The van der Waals surface area contributed by atoms with Crippen LogP contribution in [0.2, 0.25) is 0 Å². The Morgan fingerprint density at radius 3 is 2.96 bits per heavy atom. The van der Waals surface area contributed by atoms with Gasteiger partial charge in [-0.2, -0.15) is 0 Å². The Morgan fingerprint density at radius 2 is 2.21 bits per heavy atom. The molecule has 0 saturated carbocycles. The van der Waals surface area contributed by atoms with E-state index >= 15 is 0 Å². The molecule has 3 heterocycles. The second-order valence-corrected chi connectivity index (χ2v) is 7.11. The standard InChI is InChI=1S/C18H19N3O2S/c1-3-15-19-11(2)16(23-15)18(22)21-10-6-8-13(21)17-20-12-7-4-5-9-14(12)24-17/h4-5,7,9,13H,3,6,8,10H2,1-2H3/t13-/m0/s1. The molecule has 0 bridgehead atoms. The first-order valence-corrected chi connectivity index (χ1v) is 9.11. The highest BCUT2D eigenvalue weighted by atomic mass is 32.1. The van der Waals surface area contributed by atoms with Crippen molar-refractivity contribution < 1.29 is 9.21 Å². The number of carbonyl (C=O) groups excluding carboxylic acids is 1. The molecule has 1 atom stereocenters. The van der Waals surface area contributed by atoms with E-state index in [0.29, 0.717) is 23.8 Å². The van der Waals surface area contributed by atoms with Crippen molar-refractivity contribution in [3.63, 3.8) is 0 Å². The number of aryl methyl sites for hydroxylation is 2. The minimum Gasteiger partial charge on any atom is -0.435 e. The van der Waals surface area contributed by atoms with Gasteiger partial charge in [-0.05, 0) is 31.9 Å². The van der Waals surface area contributed by atoms with Gasteiger partial charge in [-0.15, -0.1) is 11.3 Å². The Kier molecular flexibility index (Phi) is 3.84. The average Bonchev–Trinajstić information content (AvgIpc) is 3.30. The molecule has 3 aromatic rings. The molecule has 1 aliphatic rings. The van der Waals surface area contributed by atoms with Gasteiger partial charge in [-0.3, -0.25) is 4.79 Å². The molecule has 124 valence electrons. The molecule has 0 radical (unpaired) electrons. The summed E-state index contributed by atoms with van der Waals surface area (Å²) in [5.74, 6) is 0.924. The van der Waals surface area contributed by atoms with Gasteiger partial charge >= 0.3 is 0 Å². The van der Waals surface area contributed by atoms with Crippen LogP contribution in [0.1, 0.15) is 53.0 Å². The van der Waals surface area contributed by atoms with Crippen molar-refractivity contribution in [2.45, 2.75) is 39.2 Å². The number of aromatic nitrogens is 2. The predicted octanol–water partition coefficient (Wildman–Crippen LogP) is 4.13. The molecule has 1 aromatic carbocycles. The Labute approximate surface area is 144 Å². The molecule has 6 heteroatoms. The lowest BCUT2D eigenvalue weighted by Crippen LogP contribution is -2.30. The molecular formula is C18H19N3O2S. The highest BCUT2D eigenvalue weighted by molar-refractivity contribution is 7.18. The lowest BCUT2D eigenvalue weighted by atomic mass is 10.2. The number of rotatable bonds is 3. The van der Waals surface area contributed by atoms with Crippen molar-refractivity contribution in [3.8, 4) is 0 Å². The number of thiazole rings is 1. The van der Waals surface area contributed by atoms with Crippen LogP contribution in [-0.2, 0) is 6.42 Å². The van der Waals surface area contributed by atoms with Gasteiger partial charge in [-0.25, -0.2) is 9.97 Å². The largest absolute Gasteiger partial charge is 0.435 e. The summed E-state index contributed by atoms with van der Waals surface area (Å²) in [6, 6.07) is 8.14. The highest BCUT2D eigenvalue weighted by Crippen LogP contribution is 2.37. The number of likely N-dealkylation sites (tertiary alicyclic amines) is 1.